The summed E-state index contributed by atoms with van der Waals surface area (Å²) in [4.78, 5) is 7.19. The Morgan fingerprint density at radius 2 is 2.13 bits per heavy atom. The van der Waals surface area contributed by atoms with Crippen molar-refractivity contribution in [2.45, 2.75) is 46.2 Å². The Bertz CT molecular complexity index is 865. The van der Waals surface area contributed by atoms with Crippen LogP contribution in [-0.2, 0) is 0 Å². The quantitative estimate of drug-likeness (QED) is 0.614. The van der Waals surface area contributed by atoms with Gasteiger partial charge in [0.25, 0.3) is 0 Å². The van der Waals surface area contributed by atoms with Gasteiger partial charge in [-0.3, -0.25) is 10.3 Å². The number of nitrogens with one attached hydrogen (secondary N) is 2. The summed E-state index contributed by atoms with van der Waals surface area (Å²) in [5.41, 5.74) is 4.09. The van der Waals surface area contributed by atoms with Crippen molar-refractivity contribution in [1.82, 2.24) is 25.6 Å². The first-order chi connectivity index (χ1) is 14.9. The molecule has 2 aliphatic heterocycles. The number of rotatable bonds is 8. The van der Waals surface area contributed by atoms with Crippen LogP contribution in [0.15, 0.2) is 64.0 Å². The van der Waals surface area contributed by atoms with E-state index in [0.717, 1.165) is 54.4 Å². The highest BCUT2D eigenvalue weighted by Crippen LogP contribution is 2.38. The Kier molecular flexibility index (Phi) is 7.51. The van der Waals surface area contributed by atoms with Gasteiger partial charge in [0.15, 0.2) is 5.82 Å². The van der Waals surface area contributed by atoms with Crippen molar-refractivity contribution in [3.05, 3.63) is 59.0 Å². The van der Waals surface area contributed by atoms with Crippen LogP contribution < -0.4 is 10.6 Å². The second-order valence-electron chi connectivity index (χ2n) is 8.47. The van der Waals surface area contributed by atoms with Gasteiger partial charge < -0.3 is 10.2 Å². The number of aliphatic imine (C=N–C) groups is 1. The van der Waals surface area contributed by atoms with Gasteiger partial charge in [0, 0.05) is 43.1 Å². The SMILES string of the molecule is C=CC1=C2N=C(N(CC)C3=C(CC(C)CNC)CCC(F)=C3C)C=CN2N(C)C1NC. The minimum atomic E-state index is -0.0117. The van der Waals surface area contributed by atoms with Crippen LogP contribution in [0.4, 0.5) is 4.39 Å². The molecule has 0 spiro atoms. The van der Waals surface area contributed by atoms with Crippen LogP contribution in [0.1, 0.15) is 40.0 Å². The molecule has 0 aromatic carbocycles. The molecule has 2 atom stereocenters. The van der Waals surface area contributed by atoms with Crippen LogP contribution in [0.5, 0.6) is 0 Å². The molecular weight excluding hydrogens is 391 g/mol. The third-order valence-electron chi connectivity index (χ3n) is 6.32. The topological polar surface area (TPSA) is 46.1 Å². The molecule has 0 fully saturated rings. The van der Waals surface area contributed by atoms with E-state index in [2.05, 4.69) is 41.0 Å². The predicted octanol–water partition coefficient (Wildman–Crippen LogP) is 3.88. The molecule has 3 aliphatic rings. The fourth-order valence-electron chi connectivity index (χ4n) is 4.83. The summed E-state index contributed by atoms with van der Waals surface area (Å²) in [6, 6.07) is 0. The fraction of sp³-hybridized carbons (Fsp3) is 0.542. The van der Waals surface area contributed by atoms with E-state index < -0.39 is 0 Å². The molecule has 1 aliphatic carbocycles. The number of halogens is 1. The maximum Gasteiger partial charge on any atom is 0.155 e. The highest BCUT2D eigenvalue weighted by Gasteiger charge is 2.36. The van der Waals surface area contributed by atoms with Gasteiger partial charge in [-0.25, -0.2) is 9.38 Å². The number of amidine groups is 1. The number of fused-ring (bicyclic) bond motifs is 1. The number of allylic oxidation sites excluding steroid dienone is 3. The maximum atomic E-state index is 14.7. The zero-order valence-corrected chi connectivity index (χ0v) is 19.8. The van der Waals surface area contributed by atoms with Crippen molar-refractivity contribution in [1.29, 1.82) is 0 Å². The van der Waals surface area contributed by atoms with Gasteiger partial charge >= 0.3 is 0 Å². The van der Waals surface area contributed by atoms with Gasteiger partial charge in [-0.15, -0.1) is 0 Å². The van der Waals surface area contributed by atoms with Crippen molar-refractivity contribution < 1.29 is 4.39 Å². The number of likely N-dealkylation sites (N-methyl/N-ethyl adjacent to an activating group) is 3. The average molecular weight is 429 g/mol. The molecule has 0 aromatic heterocycles. The van der Waals surface area contributed by atoms with Gasteiger partial charge in [0.05, 0.1) is 0 Å². The number of hydrogen-bond donors (Lipinski definition) is 2. The number of nitrogens with zero attached hydrogens (tertiary/aromatic N) is 4. The predicted molar refractivity (Wildman–Crippen MR) is 126 cm³/mol. The zero-order valence-electron chi connectivity index (χ0n) is 19.8. The van der Waals surface area contributed by atoms with E-state index in [1.54, 1.807) is 0 Å². The Morgan fingerprint density at radius 1 is 1.39 bits per heavy atom. The Morgan fingerprint density at radius 3 is 2.74 bits per heavy atom. The zero-order chi connectivity index (χ0) is 22.7. The molecule has 2 N–H and O–H groups in total. The average Bonchev–Trinajstić information content (AvgIpc) is 3.03. The molecule has 0 radical (unpaired) electrons. The van der Waals surface area contributed by atoms with Gasteiger partial charge in [-0.1, -0.05) is 19.6 Å². The molecule has 0 amide bonds. The van der Waals surface area contributed by atoms with Gasteiger partial charge in [-0.2, -0.15) is 5.01 Å². The van der Waals surface area contributed by atoms with Crippen LogP contribution in [0, 0.1) is 5.92 Å². The molecular formula is C24H37FN6. The summed E-state index contributed by atoms with van der Waals surface area (Å²) in [6.07, 6.45) is 8.13. The first kappa shape index (κ1) is 23.4. The van der Waals surface area contributed by atoms with E-state index in [0.29, 0.717) is 12.3 Å². The molecule has 7 heteroatoms. The van der Waals surface area contributed by atoms with Gasteiger partial charge in [0.1, 0.15) is 17.8 Å². The number of hydrogen-bond acceptors (Lipinski definition) is 6. The largest absolute Gasteiger partial charge is 0.326 e. The summed E-state index contributed by atoms with van der Waals surface area (Å²) in [5, 5.41) is 10.7. The smallest absolute Gasteiger partial charge is 0.155 e. The highest BCUT2D eigenvalue weighted by atomic mass is 19.1. The Labute approximate surface area is 186 Å². The molecule has 2 heterocycles. The van der Waals surface area contributed by atoms with E-state index in [1.807, 2.05) is 51.4 Å². The van der Waals surface area contributed by atoms with E-state index >= 15 is 0 Å². The Balaban J connectivity index is 2.05. The normalized spacial score (nSPS) is 22.9. The summed E-state index contributed by atoms with van der Waals surface area (Å²) < 4.78 is 14.7. The number of hydrazine groups is 1. The molecule has 0 bridgehead atoms. The molecule has 31 heavy (non-hydrogen) atoms. The fourth-order valence-corrected chi connectivity index (χ4v) is 4.83. The first-order valence-electron chi connectivity index (χ1n) is 11.2. The lowest BCUT2D eigenvalue weighted by Gasteiger charge is -2.35. The van der Waals surface area contributed by atoms with Crippen molar-refractivity contribution in [3.63, 3.8) is 0 Å². The van der Waals surface area contributed by atoms with Crippen molar-refractivity contribution in [2.24, 2.45) is 10.9 Å². The highest BCUT2D eigenvalue weighted by molar-refractivity contribution is 5.96. The minimum Gasteiger partial charge on any atom is -0.326 e. The lowest BCUT2D eigenvalue weighted by Crippen LogP contribution is -2.44. The minimum absolute atomic E-state index is 0.0117. The first-order valence-corrected chi connectivity index (χ1v) is 11.2. The molecule has 0 saturated heterocycles. The maximum absolute atomic E-state index is 14.7. The third kappa shape index (κ3) is 4.40. The standard InChI is InChI=1S/C24H37FN6/c1-8-19-23(27-6)29(7)31-13-12-21(28-24(19)31)30(9-2)22-17(4)20(25)11-10-18(22)14-16(3)15-26-5/h8,12-13,16,23,26-27H,1,9-11,14-15H2,2-7H3. The molecule has 170 valence electrons. The lowest BCUT2D eigenvalue weighted by molar-refractivity contribution is 0.0707. The van der Waals surface area contributed by atoms with Crippen LogP contribution >= 0.6 is 0 Å². The molecule has 2 unspecified atom stereocenters. The molecule has 0 aromatic rings. The Hall–Kier alpha value is -2.22. The second-order valence-corrected chi connectivity index (χ2v) is 8.47. The van der Waals surface area contributed by atoms with Gasteiger partial charge in [-0.05, 0) is 64.9 Å². The third-order valence-corrected chi connectivity index (χ3v) is 6.32. The van der Waals surface area contributed by atoms with E-state index in [9.17, 15) is 4.39 Å². The van der Waals surface area contributed by atoms with Crippen LogP contribution in [0.3, 0.4) is 0 Å². The summed E-state index contributed by atoms with van der Waals surface area (Å²) in [5.74, 6) is 2.16. The molecule has 0 saturated carbocycles. The second kappa shape index (κ2) is 9.94. The van der Waals surface area contributed by atoms with E-state index in [-0.39, 0.29) is 12.0 Å². The summed E-state index contributed by atoms with van der Waals surface area (Å²) in [7, 11) is 5.93. The van der Waals surface area contributed by atoms with Crippen LogP contribution in [-0.4, -0.2) is 61.2 Å². The monoisotopic (exact) mass is 428 g/mol. The van der Waals surface area contributed by atoms with E-state index in [1.165, 1.54) is 5.57 Å². The van der Waals surface area contributed by atoms with Crippen molar-refractivity contribution in [2.75, 3.05) is 34.2 Å². The van der Waals surface area contributed by atoms with Crippen LogP contribution in [0.2, 0.25) is 0 Å². The molecule has 6 nitrogen and oxygen atoms in total. The van der Waals surface area contributed by atoms with Crippen molar-refractivity contribution >= 4 is 5.84 Å². The summed E-state index contributed by atoms with van der Waals surface area (Å²) in [6.45, 7) is 11.9. The van der Waals surface area contributed by atoms with Gasteiger partial charge in [0.2, 0.25) is 0 Å². The van der Waals surface area contributed by atoms with Crippen molar-refractivity contribution in [3.8, 4) is 0 Å². The lowest BCUT2D eigenvalue weighted by atomic mass is 9.88. The molecule has 3 rings (SSSR count). The summed E-state index contributed by atoms with van der Waals surface area (Å²) >= 11 is 0. The van der Waals surface area contributed by atoms with Crippen LogP contribution in [0.25, 0.3) is 0 Å². The van der Waals surface area contributed by atoms with E-state index in [4.69, 9.17) is 4.99 Å².